The number of hydrogen-bond donors (Lipinski definition) is 1. The Morgan fingerprint density at radius 1 is 1.42 bits per heavy atom. The van der Waals surface area contributed by atoms with E-state index in [0.29, 0.717) is 6.04 Å². The van der Waals surface area contributed by atoms with Gasteiger partial charge < -0.3 is 5.32 Å². The molecule has 1 atom stereocenters. The molecule has 1 heterocycles. The van der Waals surface area contributed by atoms with Gasteiger partial charge in [-0.25, -0.2) is 0 Å². The SMILES string of the molecule is CNCC1CCN(C(C)c2cccc(C#N)c2)CC1. The van der Waals surface area contributed by atoms with Crippen LogP contribution in [-0.4, -0.2) is 31.6 Å². The van der Waals surface area contributed by atoms with Crippen LogP contribution in [0.4, 0.5) is 0 Å². The highest BCUT2D eigenvalue weighted by Crippen LogP contribution is 2.26. The number of rotatable bonds is 4. The van der Waals surface area contributed by atoms with Gasteiger partial charge in [0.25, 0.3) is 0 Å². The van der Waals surface area contributed by atoms with E-state index in [0.717, 1.165) is 31.1 Å². The van der Waals surface area contributed by atoms with Gasteiger partial charge in [-0.3, -0.25) is 4.90 Å². The lowest BCUT2D eigenvalue weighted by molar-refractivity contribution is 0.141. The predicted molar refractivity (Wildman–Crippen MR) is 77.8 cm³/mol. The Hall–Kier alpha value is -1.37. The molecule has 1 aliphatic heterocycles. The summed E-state index contributed by atoms with van der Waals surface area (Å²) in [4.78, 5) is 2.53. The second-order valence-electron chi connectivity index (χ2n) is 5.45. The first kappa shape index (κ1) is 14.0. The maximum Gasteiger partial charge on any atom is 0.0991 e. The topological polar surface area (TPSA) is 39.1 Å². The molecule has 0 saturated carbocycles. The quantitative estimate of drug-likeness (QED) is 0.901. The third kappa shape index (κ3) is 3.56. The number of nitriles is 1. The van der Waals surface area contributed by atoms with Crippen molar-refractivity contribution in [1.29, 1.82) is 5.26 Å². The van der Waals surface area contributed by atoms with Gasteiger partial charge in [0.15, 0.2) is 0 Å². The summed E-state index contributed by atoms with van der Waals surface area (Å²) in [5.74, 6) is 0.818. The summed E-state index contributed by atoms with van der Waals surface area (Å²) < 4.78 is 0. The molecule has 0 amide bonds. The summed E-state index contributed by atoms with van der Waals surface area (Å²) in [5.41, 5.74) is 2.01. The van der Waals surface area contributed by atoms with Crippen molar-refractivity contribution in [3.05, 3.63) is 35.4 Å². The Morgan fingerprint density at radius 2 is 2.16 bits per heavy atom. The Labute approximate surface area is 116 Å². The van der Waals surface area contributed by atoms with Crippen molar-refractivity contribution in [2.75, 3.05) is 26.7 Å². The summed E-state index contributed by atoms with van der Waals surface area (Å²) in [6, 6.07) is 10.6. The van der Waals surface area contributed by atoms with Gasteiger partial charge in [0.2, 0.25) is 0 Å². The molecule has 19 heavy (non-hydrogen) atoms. The van der Waals surface area contributed by atoms with Crippen molar-refractivity contribution < 1.29 is 0 Å². The number of nitrogens with one attached hydrogen (secondary N) is 1. The molecule has 0 radical (unpaired) electrons. The van der Waals surface area contributed by atoms with Crippen LogP contribution in [0.1, 0.15) is 36.9 Å². The molecule has 3 heteroatoms. The maximum atomic E-state index is 8.98. The van der Waals surface area contributed by atoms with E-state index in [2.05, 4.69) is 29.3 Å². The monoisotopic (exact) mass is 257 g/mol. The number of benzene rings is 1. The van der Waals surface area contributed by atoms with Gasteiger partial charge in [-0.15, -0.1) is 0 Å². The van der Waals surface area contributed by atoms with Crippen molar-refractivity contribution in [2.45, 2.75) is 25.8 Å². The number of nitrogens with zero attached hydrogens (tertiary/aromatic N) is 2. The fourth-order valence-electron chi connectivity index (χ4n) is 2.91. The molecule has 102 valence electrons. The highest BCUT2D eigenvalue weighted by Gasteiger charge is 2.23. The van der Waals surface area contributed by atoms with Crippen LogP contribution >= 0.6 is 0 Å². The van der Waals surface area contributed by atoms with Crippen molar-refractivity contribution in [2.24, 2.45) is 5.92 Å². The molecule has 3 nitrogen and oxygen atoms in total. The fraction of sp³-hybridized carbons (Fsp3) is 0.562. The predicted octanol–water partition coefficient (Wildman–Crippen LogP) is 2.55. The largest absolute Gasteiger partial charge is 0.319 e. The van der Waals surface area contributed by atoms with E-state index in [1.54, 1.807) is 0 Å². The van der Waals surface area contributed by atoms with E-state index >= 15 is 0 Å². The van der Waals surface area contributed by atoms with Crippen LogP contribution in [0.25, 0.3) is 0 Å². The van der Waals surface area contributed by atoms with E-state index in [1.165, 1.54) is 18.4 Å². The molecule has 0 bridgehead atoms. The van der Waals surface area contributed by atoms with Crippen LogP contribution in [0, 0.1) is 17.2 Å². The Bertz CT molecular complexity index is 442. The van der Waals surface area contributed by atoms with Gasteiger partial charge in [0.1, 0.15) is 0 Å². The first-order valence-corrected chi connectivity index (χ1v) is 7.13. The van der Waals surface area contributed by atoms with Gasteiger partial charge in [0.05, 0.1) is 11.6 Å². The third-order valence-electron chi connectivity index (χ3n) is 4.19. The summed E-state index contributed by atoms with van der Waals surface area (Å²) in [5, 5.41) is 12.3. The molecule has 1 saturated heterocycles. The summed E-state index contributed by atoms with van der Waals surface area (Å²) in [6.07, 6.45) is 2.53. The Morgan fingerprint density at radius 3 is 2.79 bits per heavy atom. The van der Waals surface area contributed by atoms with Gasteiger partial charge >= 0.3 is 0 Å². The zero-order valence-corrected chi connectivity index (χ0v) is 11.9. The third-order valence-corrected chi connectivity index (χ3v) is 4.19. The van der Waals surface area contributed by atoms with Gasteiger partial charge in [-0.1, -0.05) is 12.1 Å². The minimum absolute atomic E-state index is 0.406. The van der Waals surface area contributed by atoms with Crippen LogP contribution in [0.15, 0.2) is 24.3 Å². The van der Waals surface area contributed by atoms with Crippen molar-refractivity contribution >= 4 is 0 Å². The lowest BCUT2D eigenvalue weighted by Crippen LogP contribution is -2.38. The normalized spacial score (nSPS) is 19.0. The summed E-state index contributed by atoms with van der Waals surface area (Å²) in [7, 11) is 2.03. The van der Waals surface area contributed by atoms with E-state index in [-0.39, 0.29) is 0 Å². The number of piperidine rings is 1. The molecule has 1 unspecified atom stereocenters. The standard InChI is InChI=1S/C16H23N3/c1-13(16-5-3-4-15(10-16)11-17)19-8-6-14(7-9-19)12-18-2/h3-5,10,13-14,18H,6-9,12H2,1-2H3. The van der Waals surface area contributed by atoms with E-state index in [1.807, 2.05) is 25.2 Å². The van der Waals surface area contributed by atoms with E-state index in [9.17, 15) is 0 Å². The van der Waals surface area contributed by atoms with Crippen LogP contribution in [-0.2, 0) is 0 Å². The molecule has 1 aromatic carbocycles. The highest BCUT2D eigenvalue weighted by molar-refractivity contribution is 5.34. The Balaban J connectivity index is 1.97. The molecule has 0 spiro atoms. The van der Waals surface area contributed by atoms with Gasteiger partial charge in [-0.05, 0) is 70.1 Å². The van der Waals surface area contributed by atoms with Gasteiger partial charge in [-0.2, -0.15) is 5.26 Å². The van der Waals surface area contributed by atoms with Crippen LogP contribution < -0.4 is 5.32 Å². The summed E-state index contributed by atoms with van der Waals surface area (Å²) >= 11 is 0. The fourth-order valence-corrected chi connectivity index (χ4v) is 2.91. The molecular formula is C16H23N3. The number of likely N-dealkylation sites (tertiary alicyclic amines) is 1. The average Bonchev–Trinajstić information content (AvgIpc) is 2.48. The van der Waals surface area contributed by atoms with E-state index in [4.69, 9.17) is 5.26 Å². The number of hydrogen-bond acceptors (Lipinski definition) is 3. The average molecular weight is 257 g/mol. The molecule has 1 fully saturated rings. The summed E-state index contributed by atoms with van der Waals surface area (Å²) in [6.45, 7) is 5.69. The minimum atomic E-state index is 0.406. The van der Waals surface area contributed by atoms with Crippen molar-refractivity contribution in [3.63, 3.8) is 0 Å². The maximum absolute atomic E-state index is 8.98. The zero-order valence-electron chi connectivity index (χ0n) is 11.9. The van der Waals surface area contributed by atoms with Crippen LogP contribution in [0.5, 0.6) is 0 Å². The lowest BCUT2D eigenvalue weighted by Gasteiger charge is -2.36. The zero-order chi connectivity index (χ0) is 13.7. The smallest absolute Gasteiger partial charge is 0.0991 e. The van der Waals surface area contributed by atoms with Crippen molar-refractivity contribution in [3.8, 4) is 6.07 Å². The minimum Gasteiger partial charge on any atom is -0.319 e. The molecule has 1 aromatic rings. The first-order chi connectivity index (χ1) is 9.24. The molecule has 1 N–H and O–H groups in total. The van der Waals surface area contributed by atoms with Crippen LogP contribution in [0.2, 0.25) is 0 Å². The highest BCUT2D eigenvalue weighted by atomic mass is 15.2. The lowest BCUT2D eigenvalue weighted by atomic mass is 9.94. The second kappa shape index (κ2) is 6.70. The Kier molecular flexibility index (Phi) is 4.95. The molecule has 2 rings (SSSR count). The first-order valence-electron chi connectivity index (χ1n) is 7.13. The second-order valence-corrected chi connectivity index (χ2v) is 5.45. The van der Waals surface area contributed by atoms with E-state index < -0.39 is 0 Å². The molecule has 1 aliphatic rings. The molecular weight excluding hydrogens is 234 g/mol. The van der Waals surface area contributed by atoms with Gasteiger partial charge in [0, 0.05) is 6.04 Å². The van der Waals surface area contributed by atoms with Crippen LogP contribution in [0.3, 0.4) is 0 Å². The van der Waals surface area contributed by atoms with Crippen molar-refractivity contribution in [1.82, 2.24) is 10.2 Å². The molecule has 0 aliphatic carbocycles. The molecule has 0 aromatic heterocycles.